The largest absolute Gasteiger partial charge is 0.508 e. The van der Waals surface area contributed by atoms with Gasteiger partial charge in [0.2, 0.25) is 17.7 Å². The van der Waals surface area contributed by atoms with Gasteiger partial charge in [0.1, 0.15) is 42.0 Å². The number of hydrogen-bond acceptors (Lipinski definition) is 10. The summed E-state index contributed by atoms with van der Waals surface area (Å²) in [5.74, 6) is -1.48. The van der Waals surface area contributed by atoms with Gasteiger partial charge in [0.05, 0.1) is 26.4 Å². The van der Waals surface area contributed by atoms with E-state index in [4.69, 9.17) is 14.2 Å². The summed E-state index contributed by atoms with van der Waals surface area (Å²) in [5.41, 5.74) is 2.73. The molecular weight excluding hydrogens is 755 g/mol. The van der Waals surface area contributed by atoms with E-state index in [0.717, 1.165) is 16.7 Å². The van der Waals surface area contributed by atoms with Crippen LogP contribution in [0.2, 0.25) is 0 Å². The maximum atomic E-state index is 14.4. The van der Waals surface area contributed by atoms with Crippen molar-refractivity contribution in [3.05, 3.63) is 125 Å². The number of carbonyl (C=O) groups is 4. The lowest BCUT2D eigenvalue weighted by molar-refractivity contribution is -0.134. The van der Waals surface area contributed by atoms with Crippen LogP contribution in [-0.2, 0) is 45.2 Å². The van der Waals surface area contributed by atoms with Gasteiger partial charge in [-0.25, -0.2) is 4.79 Å². The number of aromatic hydroxyl groups is 1. The second-order valence-corrected chi connectivity index (χ2v) is 14.9. The Bertz CT molecular complexity index is 1940. The number of phenolic OH excluding ortho intramolecular Hbond substituents is 1. The highest BCUT2D eigenvalue weighted by Gasteiger charge is 2.38. The van der Waals surface area contributed by atoms with Crippen LogP contribution in [0.15, 0.2) is 103 Å². The summed E-state index contributed by atoms with van der Waals surface area (Å²) in [6, 6.07) is 25.6. The minimum atomic E-state index is -1.56. The lowest BCUT2D eigenvalue weighted by Gasteiger charge is -2.33. The predicted molar refractivity (Wildman–Crippen MR) is 223 cm³/mol. The zero-order valence-corrected chi connectivity index (χ0v) is 34.4. The SMILES string of the molecule is COc1ccc(CNC(C(=O)NC(C(=O)NCc2cc(OC)ccc2O)C(C)C)C(O)C(Cc2ccccc2)NC(=O)C(NC(=O)OCc2ccccc2)C(C)C)cc1. The molecule has 5 atom stereocenters. The van der Waals surface area contributed by atoms with Crippen LogP contribution in [0, 0.1) is 11.8 Å². The lowest BCUT2D eigenvalue weighted by atomic mass is 9.93. The predicted octanol–water partition coefficient (Wildman–Crippen LogP) is 4.36. The second-order valence-electron chi connectivity index (χ2n) is 14.9. The van der Waals surface area contributed by atoms with Gasteiger partial charge >= 0.3 is 6.09 Å². The molecule has 14 heteroatoms. The average Bonchev–Trinajstić information content (AvgIpc) is 3.23. The molecule has 4 amide bonds. The Kier molecular flexibility index (Phi) is 17.6. The van der Waals surface area contributed by atoms with Gasteiger partial charge < -0.3 is 45.7 Å². The summed E-state index contributed by atoms with van der Waals surface area (Å²) in [6.07, 6.45) is -2.23. The molecule has 0 aliphatic carbocycles. The number of nitrogens with one attached hydrogen (secondary N) is 5. The van der Waals surface area contributed by atoms with Crippen molar-refractivity contribution >= 4 is 23.8 Å². The highest BCUT2D eigenvalue weighted by molar-refractivity contribution is 5.91. The van der Waals surface area contributed by atoms with E-state index in [1.165, 1.54) is 13.2 Å². The molecule has 316 valence electrons. The molecule has 0 aliphatic heterocycles. The molecule has 14 nitrogen and oxygen atoms in total. The van der Waals surface area contributed by atoms with E-state index in [2.05, 4.69) is 26.6 Å². The minimum Gasteiger partial charge on any atom is -0.508 e. The molecule has 4 rings (SSSR count). The Morgan fingerprint density at radius 2 is 1.17 bits per heavy atom. The number of carbonyl (C=O) groups excluding carboxylic acids is 4. The minimum absolute atomic E-state index is 0.00395. The molecule has 0 aliphatic rings. The molecule has 0 radical (unpaired) electrons. The van der Waals surface area contributed by atoms with Crippen molar-refractivity contribution in [1.29, 1.82) is 0 Å². The number of rotatable bonds is 21. The first-order valence-electron chi connectivity index (χ1n) is 19.6. The molecular formula is C45H57N5O9. The number of aliphatic hydroxyl groups is 1. The number of methoxy groups -OCH3 is 2. The summed E-state index contributed by atoms with van der Waals surface area (Å²) < 4.78 is 15.9. The number of aliphatic hydroxyl groups excluding tert-OH is 1. The van der Waals surface area contributed by atoms with Crippen LogP contribution in [-0.4, -0.2) is 78.5 Å². The molecule has 4 aromatic rings. The van der Waals surface area contributed by atoms with Gasteiger partial charge in [0.15, 0.2) is 0 Å². The van der Waals surface area contributed by atoms with Crippen LogP contribution >= 0.6 is 0 Å². The third kappa shape index (κ3) is 14.0. The first-order chi connectivity index (χ1) is 28.3. The van der Waals surface area contributed by atoms with Crippen LogP contribution < -0.4 is 36.1 Å². The highest BCUT2D eigenvalue weighted by Crippen LogP contribution is 2.23. The Morgan fingerprint density at radius 3 is 1.76 bits per heavy atom. The lowest BCUT2D eigenvalue weighted by Crippen LogP contribution is -2.63. The smallest absolute Gasteiger partial charge is 0.408 e. The van der Waals surface area contributed by atoms with Crippen molar-refractivity contribution in [3.63, 3.8) is 0 Å². The summed E-state index contributed by atoms with van der Waals surface area (Å²) in [6.45, 7) is 7.16. The molecule has 7 N–H and O–H groups in total. The molecule has 0 saturated carbocycles. The fourth-order valence-electron chi connectivity index (χ4n) is 6.30. The van der Waals surface area contributed by atoms with Gasteiger partial charge in [-0.15, -0.1) is 0 Å². The Morgan fingerprint density at radius 1 is 0.610 bits per heavy atom. The number of benzene rings is 4. The first kappa shape index (κ1) is 45.6. The fourth-order valence-corrected chi connectivity index (χ4v) is 6.30. The monoisotopic (exact) mass is 811 g/mol. The van der Waals surface area contributed by atoms with E-state index in [0.29, 0.717) is 17.1 Å². The Balaban J connectivity index is 1.59. The van der Waals surface area contributed by atoms with Gasteiger partial charge in [-0.3, -0.25) is 19.7 Å². The Labute approximate surface area is 346 Å². The van der Waals surface area contributed by atoms with E-state index < -0.39 is 60.0 Å². The van der Waals surface area contributed by atoms with Crippen molar-refractivity contribution in [3.8, 4) is 17.2 Å². The molecule has 0 spiro atoms. The number of amides is 4. The van der Waals surface area contributed by atoms with E-state index in [9.17, 15) is 29.4 Å². The highest BCUT2D eigenvalue weighted by atomic mass is 16.5. The van der Waals surface area contributed by atoms with E-state index in [1.54, 1.807) is 59.1 Å². The van der Waals surface area contributed by atoms with E-state index in [1.807, 2.05) is 72.8 Å². The van der Waals surface area contributed by atoms with Gasteiger partial charge in [-0.1, -0.05) is 100 Å². The third-order valence-electron chi connectivity index (χ3n) is 9.77. The van der Waals surface area contributed by atoms with Crippen LogP contribution in [0.3, 0.4) is 0 Å². The molecule has 0 aromatic heterocycles. The maximum Gasteiger partial charge on any atom is 0.408 e. The molecule has 59 heavy (non-hydrogen) atoms. The van der Waals surface area contributed by atoms with Crippen LogP contribution in [0.5, 0.6) is 17.2 Å². The number of phenols is 1. The summed E-state index contributed by atoms with van der Waals surface area (Å²) in [4.78, 5) is 55.0. The summed E-state index contributed by atoms with van der Waals surface area (Å²) in [5, 5.41) is 37.0. The molecule has 0 saturated heterocycles. The standard InChI is InChI=1S/C45H57N5O9/c1-28(2)38(42(53)47-26-33-24-35(58-6)21-22-37(33)51)49-44(55)40(46-25-31-17-19-34(57-5)20-18-31)41(52)36(23-30-13-9-7-10-14-30)48-43(54)39(29(3)4)50-45(56)59-27-32-15-11-8-12-16-32/h7-22,24,28-29,36,38-41,46,51-52H,23,25-27H2,1-6H3,(H,47,53)(H,48,54)(H,49,55)(H,50,56). The molecule has 5 unspecified atom stereocenters. The molecule has 0 bridgehead atoms. The van der Waals surface area contributed by atoms with Crippen LogP contribution in [0.25, 0.3) is 0 Å². The molecule has 0 fully saturated rings. The van der Waals surface area contributed by atoms with Crippen molar-refractivity contribution in [1.82, 2.24) is 26.6 Å². The average molecular weight is 812 g/mol. The second kappa shape index (κ2) is 22.7. The molecule has 0 heterocycles. The Hall–Kier alpha value is -6.12. The first-order valence-corrected chi connectivity index (χ1v) is 19.6. The van der Waals surface area contributed by atoms with Crippen molar-refractivity contribution < 1.29 is 43.6 Å². The molecule has 4 aromatic carbocycles. The van der Waals surface area contributed by atoms with Gasteiger partial charge in [0.25, 0.3) is 0 Å². The van der Waals surface area contributed by atoms with Gasteiger partial charge in [-0.2, -0.15) is 0 Å². The van der Waals surface area contributed by atoms with Crippen molar-refractivity contribution in [2.45, 2.75) is 84.1 Å². The van der Waals surface area contributed by atoms with Crippen molar-refractivity contribution in [2.75, 3.05) is 14.2 Å². The zero-order chi connectivity index (χ0) is 42.9. The third-order valence-corrected chi connectivity index (χ3v) is 9.77. The van der Waals surface area contributed by atoms with Gasteiger partial charge in [-0.05, 0) is 65.3 Å². The number of ether oxygens (including phenoxy) is 3. The van der Waals surface area contributed by atoms with Gasteiger partial charge in [0, 0.05) is 18.7 Å². The quantitative estimate of drug-likeness (QED) is 0.0635. The van der Waals surface area contributed by atoms with Crippen molar-refractivity contribution in [2.24, 2.45) is 11.8 Å². The zero-order valence-electron chi connectivity index (χ0n) is 34.4. The normalized spacial score (nSPS) is 13.6. The topological polar surface area (TPSA) is 197 Å². The van der Waals surface area contributed by atoms with E-state index in [-0.39, 0.29) is 37.8 Å². The van der Waals surface area contributed by atoms with Crippen LogP contribution in [0.4, 0.5) is 4.79 Å². The number of alkyl carbamates (subject to hydrolysis) is 1. The van der Waals surface area contributed by atoms with Crippen LogP contribution in [0.1, 0.15) is 49.9 Å². The summed E-state index contributed by atoms with van der Waals surface area (Å²) in [7, 11) is 3.05. The fraction of sp³-hybridized carbons (Fsp3) is 0.378. The maximum absolute atomic E-state index is 14.4. The summed E-state index contributed by atoms with van der Waals surface area (Å²) >= 11 is 0. The number of hydrogen-bond donors (Lipinski definition) is 7. The van der Waals surface area contributed by atoms with E-state index >= 15 is 0 Å².